The van der Waals surface area contributed by atoms with Crippen molar-refractivity contribution in [2.24, 2.45) is 0 Å². The maximum atomic E-state index is 10.8. The molecule has 0 spiro atoms. The van der Waals surface area contributed by atoms with E-state index < -0.39 is 10.9 Å². The van der Waals surface area contributed by atoms with Gasteiger partial charge in [-0.15, -0.1) is 10.9 Å². The molecular weight excluding hydrogens is 769 g/mol. The summed E-state index contributed by atoms with van der Waals surface area (Å²) >= 11 is 0. The third-order valence-electron chi connectivity index (χ3n) is 15.6. The molecule has 0 aliphatic heterocycles. The largest absolute Gasteiger partial charge is 0.375 e. The van der Waals surface area contributed by atoms with Crippen LogP contribution in [0.1, 0.15) is 30.8 Å². The Hall–Kier alpha value is -5.68. The van der Waals surface area contributed by atoms with Crippen molar-refractivity contribution in [1.29, 1.82) is 0 Å². The molecule has 1 aromatic heterocycles. The first-order valence-corrected chi connectivity index (χ1v) is 22.7. The Kier molecular flexibility index (Phi) is 9.69. The van der Waals surface area contributed by atoms with Crippen molar-refractivity contribution in [2.45, 2.75) is 30.2 Å². The molecule has 0 saturated carbocycles. The van der Waals surface area contributed by atoms with Crippen LogP contribution in [0.2, 0.25) is 0 Å². The average Bonchev–Trinajstić information content (AvgIpc) is 3.80. The van der Waals surface area contributed by atoms with E-state index in [4.69, 9.17) is 4.98 Å². The minimum atomic E-state index is -1.98. The van der Waals surface area contributed by atoms with Crippen molar-refractivity contribution in [3.05, 3.63) is 138 Å². The number of benzene rings is 8. The fourth-order valence-corrected chi connectivity index (χ4v) is 11.4. The van der Waals surface area contributed by atoms with E-state index >= 15 is 0 Å². The van der Waals surface area contributed by atoms with Crippen LogP contribution < -0.4 is 38.2 Å². The molecule has 300 valence electrons. The fourth-order valence-electron chi connectivity index (χ4n) is 11.4. The van der Waals surface area contributed by atoms with Gasteiger partial charge in [-0.25, -0.2) is 4.98 Å². The van der Waals surface area contributed by atoms with Crippen molar-refractivity contribution in [2.75, 3.05) is 0 Å². The molecule has 0 unspecified atom stereocenters. The maximum absolute atomic E-state index is 10.8. The zero-order chi connectivity index (χ0) is 45.4. The summed E-state index contributed by atoms with van der Waals surface area (Å²) in [5.41, 5.74) is 23.5. The highest BCUT2D eigenvalue weighted by Gasteiger charge is 2.43. The molecule has 0 atom stereocenters. The van der Waals surface area contributed by atoms with Gasteiger partial charge in [0.2, 0.25) is 0 Å². The number of aromatic nitrogens is 2. The molecule has 0 fully saturated rings. The molecule has 8 aromatic carbocycles. The molecule has 4 nitrogen and oxygen atoms in total. The molecule has 0 radical (unpaired) electrons. The van der Waals surface area contributed by atoms with Crippen LogP contribution in [-0.2, 0) is 10.6 Å². The lowest BCUT2D eigenvalue weighted by atomic mass is 9.45. The Morgan fingerprint density at radius 1 is 0.453 bits per heavy atom. The van der Waals surface area contributed by atoms with Gasteiger partial charge < -0.3 is 10.2 Å². The molecular formula is C50H48B10N2O2. The number of nitrogens with zero attached hydrogens (tertiary/aromatic N) is 2. The first kappa shape index (κ1) is 42.3. The number of para-hydroxylation sites is 2. The van der Waals surface area contributed by atoms with Gasteiger partial charge in [0.25, 0.3) is 0 Å². The molecule has 9 aromatic rings. The summed E-state index contributed by atoms with van der Waals surface area (Å²) < 4.78 is 2.04. The normalized spacial score (nSPS) is 13.4. The number of aliphatic hydroxyl groups is 2. The summed E-state index contributed by atoms with van der Waals surface area (Å²) in [6.45, 7) is 4.90. The van der Waals surface area contributed by atoms with Crippen molar-refractivity contribution >= 4 is 149 Å². The molecule has 1 heterocycles. The Labute approximate surface area is 385 Å². The molecule has 0 saturated heterocycles. The molecule has 1 aliphatic rings. The van der Waals surface area contributed by atoms with Crippen LogP contribution in [-0.4, -0.2) is 104 Å². The van der Waals surface area contributed by atoms with Crippen LogP contribution in [0.15, 0.2) is 121 Å². The van der Waals surface area contributed by atoms with Crippen molar-refractivity contribution in [3.63, 3.8) is 0 Å². The summed E-state index contributed by atoms with van der Waals surface area (Å²) in [6.07, 6.45) is 0. The first-order valence-electron chi connectivity index (χ1n) is 22.7. The highest BCUT2D eigenvalue weighted by Crippen LogP contribution is 2.48. The van der Waals surface area contributed by atoms with Crippen LogP contribution in [0.25, 0.3) is 82.8 Å². The molecule has 64 heavy (non-hydrogen) atoms. The fraction of sp³-hybridized carbons (Fsp3) is 0.100. The number of hydrogen-bond donors (Lipinski definition) is 2. The Morgan fingerprint density at radius 2 is 0.875 bits per heavy atom. The van der Waals surface area contributed by atoms with E-state index in [9.17, 15) is 10.2 Å². The number of fused-ring (bicyclic) bond motifs is 6. The van der Waals surface area contributed by atoms with Crippen LogP contribution in [0.4, 0.5) is 0 Å². The van der Waals surface area contributed by atoms with Gasteiger partial charge in [-0.1, -0.05) is 138 Å². The Morgan fingerprint density at radius 3 is 1.42 bits per heavy atom. The van der Waals surface area contributed by atoms with E-state index in [2.05, 4.69) is 166 Å². The monoisotopic (exact) mass is 818 g/mol. The second kappa shape index (κ2) is 14.7. The third kappa shape index (κ3) is 5.94. The molecule has 14 heteroatoms. The lowest BCUT2D eigenvalue weighted by Gasteiger charge is -2.36. The van der Waals surface area contributed by atoms with E-state index in [1.165, 1.54) is 112 Å². The van der Waals surface area contributed by atoms with Gasteiger partial charge in [0.15, 0.2) is 7.85 Å². The highest BCUT2D eigenvalue weighted by molar-refractivity contribution is 6.65. The van der Waals surface area contributed by atoms with E-state index in [1.807, 2.05) is 44.5 Å². The highest BCUT2D eigenvalue weighted by atomic mass is 16.5. The van der Waals surface area contributed by atoms with Crippen LogP contribution in [0.3, 0.4) is 0 Å². The Bertz CT molecular complexity index is 3390. The lowest BCUT2D eigenvalue weighted by molar-refractivity contribution is -0.100. The quantitative estimate of drug-likeness (QED) is 0.103. The third-order valence-corrected chi connectivity index (χ3v) is 15.6. The summed E-state index contributed by atoms with van der Waals surface area (Å²) in [6, 6.07) is 43.5. The van der Waals surface area contributed by atoms with Crippen LogP contribution in [0, 0.1) is 0 Å². The standard InChI is InChI=1S/C50H48B10N2O2/c1-48(2)38-35(36-39(48)44(55)46(57)45(56)42(36)53)41(52)43(54)37(40(38)51)34-29-11-5-3-9-27(29)33(28-10-4-6-12-30(28)34)25-17-15-23(16-18-25)24-19-21-26(22-20-24)62-32-14-8-7-13-31(32)61-47(62)49(58,59)50(60,63)64/h3-22,63-64H,51-60H2,1-2H3. The molecule has 2 N–H and O–H groups in total. The summed E-state index contributed by atoms with van der Waals surface area (Å²) in [4.78, 5) is 4.91. The van der Waals surface area contributed by atoms with Gasteiger partial charge in [-0.05, 0) is 101 Å². The SMILES string of the molecule is Bc1c(B)c(B)c2c(c1B)-c1c(B)c(B)c(-c3c4ccccc4c(-c4ccc(-c5ccc(-n6c(C(B)(B)C(B)(O)O)nc7ccccc76)cc5)cc4)c4ccccc34)c(B)c1C2(C)C. The second-order valence-electron chi connectivity index (χ2n) is 19.7. The van der Waals surface area contributed by atoms with E-state index in [0.717, 1.165) is 27.8 Å². The number of imidazole rings is 1. The van der Waals surface area contributed by atoms with Gasteiger partial charge in [-0.3, -0.25) is 4.57 Å². The summed E-state index contributed by atoms with van der Waals surface area (Å²) in [5, 5.41) is 25.6. The topological polar surface area (TPSA) is 58.3 Å². The molecule has 10 rings (SSSR count). The van der Waals surface area contributed by atoms with Gasteiger partial charge in [-0.2, -0.15) is 0 Å². The molecule has 1 aliphatic carbocycles. The van der Waals surface area contributed by atoms with E-state index in [1.54, 1.807) is 0 Å². The Balaban J connectivity index is 1.10. The minimum absolute atomic E-state index is 0.140. The zero-order valence-electron chi connectivity index (χ0n) is 39.3. The zero-order valence-corrected chi connectivity index (χ0v) is 39.3. The lowest BCUT2D eigenvalue weighted by Crippen LogP contribution is -2.54. The van der Waals surface area contributed by atoms with Gasteiger partial charge >= 0.3 is 0 Å². The van der Waals surface area contributed by atoms with E-state index in [0.29, 0.717) is 5.82 Å². The van der Waals surface area contributed by atoms with Crippen molar-refractivity contribution < 1.29 is 10.2 Å². The average molecular weight is 817 g/mol. The smallest absolute Gasteiger partial charge is 0.177 e. The minimum Gasteiger partial charge on any atom is -0.375 e. The van der Waals surface area contributed by atoms with Crippen molar-refractivity contribution in [1.82, 2.24) is 9.55 Å². The summed E-state index contributed by atoms with van der Waals surface area (Å²) in [5.74, 6) is 0.588. The number of rotatable bonds is 6. The predicted octanol–water partition coefficient (Wildman–Crippen LogP) is -3.86. The summed E-state index contributed by atoms with van der Waals surface area (Å²) in [7, 11) is 21.4. The van der Waals surface area contributed by atoms with E-state index in [-0.39, 0.29) is 5.41 Å². The van der Waals surface area contributed by atoms with Gasteiger partial charge in [0.05, 0.1) is 11.0 Å². The molecule has 0 bridgehead atoms. The first-order chi connectivity index (χ1) is 30.4. The van der Waals surface area contributed by atoms with Gasteiger partial charge in [0, 0.05) is 16.3 Å². The van der Waals surface area contributed by atoms with Crippen molar-refractivity contribution in [3.8, 4) is 50.2 Å². The maximum Gasteiger partial charge on any atom is 0.177 e. The molecule has 0 amide bonds. The van der Waals surface area contributed by atoms with Gasteiger partial charge in [0.1, 0.15) is 82.1 Å². The predicted molar refractivity (Wildman–Crippen MR) is 302 cm³/mol. The van der Waals surface area contributed by atoms with Crippen LogP contribution in [0.5, 0.6) is 0 Å². The number of hydrogen-bond acceptors (Lipinski definition) is 3. The second-order valence-corrected chi connectivity index (χ2v) is 19.7. The van der Waals surface area contributed by atoms with Crippen LogP contribution >= 0.6 is 0 Å².